The Labute approximate surface area is 519 Å². The van der Waals surface area contributed by atoms with Gasteiger partial charge in [-0.15, -0.1) is 0 Å². The van der Waals surface area contributed by atoms with E-state index in [-0.39, 0.29) is 16.2 Å². The van der Waals surface area contributed by atoms with E-state index in [9.17, 15) is 0 Å². The van der Waals surface area contributed by atoms with Crippen LogP contribution in [0.3, 0.4) is 0 Å². The summed E-state index contributed by atoms with van der Waals surface area (Å²) in [6.45, 7) is 32.0. The van der Waals surface area contributed by atoms with Crippen LogP contribution in [0.15, 0.2) is 182 Å². The van der Waals surface area contributed by atoms with Crippen LogP contribution in [0, 0.1) is 55.4 Å². The normalized spacial score (nSPS) is 14.5. The Bertz CT molecular complexity index is 4000. The lowest BCUT2D eigenvalue weighted by Crippen LogP contribution is -2.23. The third kappa shape index (κ3) is 9.81. The first-order valence-electron chi connectivity index (χ1n) is 32.0. The van der Waals surface area contributed by atoms with Crippen LogP contribution in [-0.4, -0.2) is 0 Å². The van der Waals surface area contributed by atoms with E-state index in [4.69, 9.17) is 0 Å². The molecule has 3 aliphatic rings. The highest BCUT2D eigenvalue weighted by Crippen LogP contribution is 2.57. The lowest BCUT2D eigenvalue weighted by Gasteiger charge is -2.32. The second-order valence-corrected chi connectivity index (χ2v) is 26.6. The minimum atomic E-state index is -0.156. The summed E-state index contributed by atoms with van der Waals surface area (Å²) >= 11 is 0. The molecular weight excluding hydrogens is 1050 g/mol. The molecule has 10 aromatic carbocycles. The van der Waals surface area contributed by atoms with Crippen molar-refractivity contribution in [1.29, 1.82) is 0 Å². The maximum Gasteiger partial charge on any atom is 0.0466 e. The van der Waals surface area contributed by atoms with Gasteiger partial charge in [0.15, 0.2) is 0 Å². The summed E-state index contributed by atoms with van der Waals surface area (Å²) in [6.07, 6.45) is 13.4. The van der Waals surface area contributed by atoms with Gasteiger partial charge < -0.3 is 9.80 Å². The van der Waals surface area contributed by atoms with Gasteiger partial charge in [-0.3, -0.25) is 0 Å². The smallest absolute Gasteiger partial charge is 0.0466 e. The van der Waals surface area contributed by atoms with Crippen molar-refractivity contribution in [3.63, 3.8) is 0 Å². The van der Waals surface area contributed by atoms with Gasteiger partial charge in [-0.25, -0.2) is 0 Å². The molecule has 434 valence electrons. The number of hydrogen-bond acceptors (Lipinski definition) is 2. The van der Waals surface area contributed by atoms with E-state index in [0.29, 0.717) is 0 Å². The molecule has 0 heterocycles. The quantitative estimate of drug-likeness (QED) is 0.100. The average Bonchev–Trinajstić information content (AvgIpc) is 1.62. The van der Waals surface area contributed by atoms with E-state index in [1.165, 1.54) is 168 Å². The summed E-state index contributed by atoms with van der Waals surface area (Å²) < 4.78 is 0. The highest BCUT2D eigenvalue weighted by Gasteiger charge is 2.43. The number of fused-ring (bicyclic) bond motifs is 9. The lowest BCUT2D eigenvalue weighted by atomic mass is 9.73. The van der Waals surface area contributed by atoms with Crippen molar-refractivity contribution in [3.8, 4) is 33.4 Å². The first-order valence-corrected chi connectivity index (χ1v) is 32.0. The molecule has 0 radical (unpaired) electrons. The van der Waals surface area contributed by atoms with E-state index in [2.05, 4.69) is 313 Å². The second kappa shape index (κ2) is 21.9. The van der Waals surface area contributed by atoms with Crippen molar-refractivity contribution in [2.45, 2.75) is 139 Å². The van der Waals surface area contributed by atoms with Crippen LogP contribution < -0.4 is 9.80 Å². The average molecular weight is 1130 g/mol. The summed E-state index contributed by atoms with van der Waals surface area (Å²) in [7, 11) is 0. The third-order valence-corrected chi connectivity index (χ3v) is 20.2. The minimum Gasteiger partial charge on any atom is -0.310 e. The molecule has 2 nitrogen and oxygen atoms in total. The third-order valence-electron chi connectivity index (χ3n) is 20.2. The molecule has 87 heavy (non-hydrogen) atoms. The largest absolute Gasteiger partial charge is 0.310 e. The Morgan fingerprint density at radius 2 is 0.471 bits per heavy atom. The van der Waals surface area contributed by atoms with Gasteiger partial charge in [-0.2, -0.15) is 0 Å². The summed E-state index contributed by atoms with van der Waals surface area (Å²) in [4.78, 5) is 4.95. The molecule has 10 aromatic rings. The van der Waals surface area contributed by atoms with E-state index < -0.39 is 0 Å². The molecule has 0 aliphatic heterocycles. The summed E-state index contributed by atoms with van der Waals surface area (Å²) in [6, 6.07) is 70.8. The zero-order valence-corrected chi connectivity index (χ0v) is 53.9. The van der Waals surface area contributed by atoms with Crippen LogP contribution in [0.2, 0.25) is 0 Å². The molecule has 3 aliphatic carbocycles. The summed E-state index contributed by atoms with van der Waals surface area (Å²) in [5.41, 5.74) is 38.6. The van der Waals surface area contributed by atoms with E-state index >= 15 is 0 Å². The summed E-state index contributed by atoms with van der Waals surface area (Å²) in [5, 5.41) is 0. The molecule has 2 heteroatoms. The Balaban J connectivity index is 0.760. The molecule has 0 amide bonds. The molecule has 0 bridgehead atoms. The molecule has 0 unspecified atom stereocenters. The van der Waals surface area contributed by atoms with Crippen LogP contribution in [0.5, 0.6) is 0 Å². The van der Waals surface area contributed by atoms with Crippen LogP contribution in [0.4, 0.5) is 34.1 Å². The number of anilines is 6. The molecule has 0 spiro atoms. The number of nitrogens with zero attached hydrogens (tertiary/aromatic N) is 2. The van der Waals surface area contributed by atoms with Gasteiger partial charge >= 0.3 is 0 Å². The lowest BCUT2D eigenvalue weighted by molar-refractivity contribution is 0.490. The first-order chi connectivity index (χ1) is 41.8. The Hall–Kier alpha value is -8.72. The number of benzene rings is 10. The number of aryl methyl sites for hydroxylation is 8. The van der Waals surface area contributed by atoms with Gasteiger partial charge in [0.25, 0.3) is 0 Å². The van der Waals surface area contributed by atoms with Crippen LogP contribution in [-0.2, 0) is 16.2 Å². The molecule has 0 fully saturated rings. The van der Waals surface area contributed by atoms with Crippen molar-refractivity contribution in [2.75, 3.05) is 9.80 Å². The topological polar surface area (TPSA) is 6.48 Å². The van der Waals surface area contributed by atoms with E-state index in [1.54, 1.807) is 0 Å². The number of rotatable bonds is 14. The van der Waals surface area contributed by atoms with Gasteiger partial charge in [0.2, 0.25) is 0 Å². The SMILES string of the molecule is CCC1(CC)c2cc(C=Cc3ccc4c(c3)C(C)(C)c3cc(C=Cc5ccc6c(c5)C(CC)(CC)c5cc(N(c7cc(C)cc(C)c7)c7cc(C)cc(C)c7)ccc5-6)ccc3-4)ccc2-c2ccc(N(c3cc(C)cc(C)c3)c3cc(C)cc(C)c3)cc21. The Kier molecular flexibility index (Phi) is 14.4. The molecule has 0 saturated heterocycles. The molecule has 0 aromatic heterocycles. The predicted octanol–water partition coefficient (Wildman–Crippen LogP) is 23.9. The molecule has 0 N–H and O–H groups in total. The maximum atomic E-state index is 2.51. The standard InChI is InChI=1S/C85H84N2/c1-15-84(16-2)79-49-63(25-31-73(79)75-33-27-65(51-81(75)84)86(67-39-53(5)35-54(6)40-67)68-41-55(7)36-56(8)42-68)21-19-61-23-29-71-72-30-24-62(48-78(72)83(13,14)77(71)47-61)20-22-64-26-32-74-76-34-28-66(52-82(76)85(17-3,18-4)80(74)50-64)87(69-43-57(9)37-58(10)44-69)70-45-59(11)38-60(12)46-70/h19-52H,15-18H2,1-14H3. The fourth-order valence-electron chi connectivity index (χ4n) is 16.1. The molecule has 13 rings (SSSR count). The monoisotopic (exact) mass is 1130 g/mol. The van der Waals surface area contributed by atoms with Crippen LogP contribution in [0.1, 0.15) is 167 Å². The second-order valence-electron chi connectivity index (χ2n) is 26.6. The van der Waals surface area contributed by atoms with Gasteiger partial charge in [0.05, 0.1) is 0 Å². The zero-order chi connectivity index (χ0) is 60.8. The van der Waals surface area contributed by atoms with Crippen LogP contribution >= 0.6 is 0 Å². The Morgan fingerprint density at radius 1 is 0.253 bits per heavy atom. The molecule has 0 atom stereocenters. The first kappa shape index (κ1) is 57.4. The van der Waals surface area contributed by atoms with Gasteiger partial charge in [-0.1, -0.05) is 175 Å². The van der Waals surface area contributed by atoms with Gasteiger partial charge in [0.1, 0.15) is 0 Å². The van der Waals surface area contributed by atoms with Crippen molar-refractivity contribution in [2.24, 2.45) is 0 Å². The number of hydrogen-bond donors (Lipinski definition) is 0. The van der Waals surface area contributed by atoms with Crippen molar-refractivity contribution >= 4 is 58.4 Å². The highest BCUT2D eigenvalue weighted by atomic mass is 15.1. The fraction of sp³-hybridized carbons (Fsp3) is 0.247. The zero-order valence-electron chi connectivity index (χ0n) is 53.9. The van der Waals surface area contributed by atoms with E-state index in [1.807, 2.05) is 0 Å². The summed E-state index contributed by atoms with van der Waals surface area (Å²) in [5.74, 6) is 0. The van der Waals surface area contributed by atoms with Crippen molar-refractivity contribution in [1.82, 2.24) is 0 Å². The fourth-order valence-corrected chi connectivity index (χ4v) is 16.1. The highest BCUT2D eigenvalue weighted by molar-refractivity contribution is 5.91. The van der Waals surface area contributed by atoms with Crippen molar-refractivity contribution in [3.05, 3.63) is 282 Å². The van der Waals surface area contributed by atoms with Crippen LogP contribution in [0.25, 0.3) is 57.7 Å². The van der Waals surface area contributed by atoms with Gasteiger partial charge in [0, 0.05) is 50.4 Å². The predicted molar refractivity (Wildman–Crippen MR) is 376 cm³/mol. The van der Waals surface area contributed by atoms with E-state index in [0.717, 1.165) is 25.7 Å². The molecular formula is C85H84N2. The van der Waals surface area contributed by atoms with Crippen molar-refractivity contribution < 1.29 is 0 Å². The maximum absolute atomic E-state index is 2.51. The van der Waals surface area contributed by atoms with Gasteiger partial charge in [-0.05, 0) is 287 Å². The minimum absolute atomic E-state index is 0.0966. The molecule has 0 saturated carbocycles. The Morgan fingerprint density at radius 3 is 0.724 bits per heavy atom.